The molecular formula is C15H30N2. The summed E-state index contributed by atoms with van der Waals surface area (Å²) in [5.74, 6) is 1.94. The van der Waals surface area contributed by atoms with Gasteiger partial charge in [-0.2, -0.15) is 0 Å². The van der Waals surface area contributed by atoms with Crippen molar-refractivity contribution in [3.05, 3.63) is 0 Å². The van der Waals surface area contributed by atoms with E-state index >= 15 is 0 Å². The molecule has 0 spiro atoms. The number of nitrogens with zero attached hydrogens (tertiary/aromatic N) is 1. The molecule has 0 aromatic carbocycles. The van der Waals surface area contributed by atoms with E-state index in [-0.39, 0.29) is 0 Å². The summed E-state index contributed by atoms with van der Waals surface area (Å²) in [7, 11) is 0. The Morgan fingerprint density at radius 3 is 2.47 bits per heavy atom. The van der Waals surface area contributed by atoms with Gasteiger partial charge in [0.15, 0.2) is 0 Å². The molecule has 0 aromatic heterocycles. The van der Waals surface area contributed by atoms with Gasteiger partial charge < -0.3 is 10.2 Å². The van der Waals surface area contributed by atoms with Gasteiger partial charge in [0.25, 0.3) is 0 Å². The maximum absolute atomic E-state index is 3.82. The van der Waals surface area contributed by atoms with Crippen LogP contribution in [0.4, 0.5) is 0 Å². The SMILES string of the molecule is CC(CNC1CCCN(C(C)C)CC1)C1CC1. The Morgan fingerprint density at radius 1 is 1.06 bits per heavy atom. The minimum absolute atomic E-state index is 0.721. The fourth-order valence-electron chi connectivity index (χ4n) is 3.02. The van der Waals surface area contributed by atoms with Gasteiger partial charge in [-0.3, -0.25) is 0 Å². The third kappa shape index (κ3) is 4.26. The number of rotatable bonds is 5. The number of hydrogen-bond donors (Lipinski definition) is 1. The zero-order valence-corrected chi connectivity index (χ0v) is 11.9. The van der Waals surface area contributed by atoms with Crippen LogP contribution in [0.15, 0.2) is 0 Å². The maximum Gasteiger partial charge on any atom is 0.00798 e. The first-order chi connectivity index (χ1) is 8.16. The summed E-state index contributed by atoms with van der Waals surface area (Å²) in [5.41, 5.74) is 0. The number of nitrogens with one attached hydrogen (secondary N) is 1. The molecule has 0 radical (unpaired) electrons. The third-order valence-electron chi connectivity index (χ3n) is 4.65. The van der Waals surface area contributed by atoms with Gasteiger partial charge in [0, 0.05) is 12.1 Å². The third-order valence-corrected chi connectivity index (χ3v) is 4.65. The molecule has 2 rings (SSSR count). The highest BCUT2D eigenvalue weighted by molar-refractivity contribution is 4.82. The standard InChI is InChI=1S/C15H30N2/c1-12(2)17-9-4-5-15(8-10-17)16-11-13(3)14-6-7-14/h12-16H,4-11H2,1-3H3. The van der Waals surface area contributed by atoms with Crippen LogP contribution in [0.5, 0.6) is 0 Å². The molecular weight excluding hydrogens is 208 g/mol. The molecule has 1 N–H and O–H groups in total. The van der Waals surface area contributed by atoms with Crippen LogP contribution in [0.25, 0.3) is 0 Å². The predicted molar refractivity (Wildman–Crippen MR) is 74.2 cm³/mol. The zero-order chi connectivity index (χ0) is 12.3. The number of hydrogen-bond acceptors (Lipinski definition) is 2. The Bertz CT molecular complexity index is 223. The molecule has 2 unspecified atom stereocenters. The van der Waals surface area contributed by atoms with Gasteiger partial charge in [0.1, 0.15) is 0 Å². The highest BCUT2D eigenvalue weighted by Crippen LogP contribution is 2.36. The molecule has 2 nitrogen and oxygen atoms in total. The lowest BCUT2D eigenvalue weighted by Gasteiger charge is -2.24. The minimum atomic E-state index is 0.721. The fourth-order valence-corrected chi connectivity index (χ4v) is 3.02. The fraction of sp³-hybridized carbons (Fsp3) is 1.00. The molecule has 2 aliphatic rings. The van der Waals surface area contributed by atoms with E-state index in [0.717, 1.165) is 23.9 Å². The van der Waals surface area contributed by atoms with Crippen molar-refractivity contribution in [2.75, 3.05) is 19.6 Å². The summed E-state index contributed by atoms with van der Waals surface area (Å²) in [4.78, 5) is 2.63. The summed E-state index contributed by atoms with van der Waals surface area (Å²) in [6, 6.07) is 1.50. The molecule has 0 amide bonds. The van der Waals surface area contributed by atoms with Gasteiger partial charge in [0.05, 0.1) is 0 Å². The normalized spacial score (nSPS) is 29.3. The van der Waals surface area contributed by atoms with Gasteiger partial charge >= 0.3 is 0 Å². The van der Waals surface area contributed by atoms with Crippen molar-refractivity contribution in [2.24, 2.45) is 11.8 Å². The van der Waals surface area contributed by atoms with Crippen LogP contribution in [-0.2, 0) is 0 Å². The molecule has 1 saturated carbocycles. The quantitative estimate of drug-likeness (QED) is 0.792. The second-order valence-corrected chi connectivity index (χ2v) is 6.48. The van der Waals surface area contributed by atoms with Crippen molar-refractivity contribution in [3.63, 3.8) is 0 Å². The van der Waals surface area contributed by atoms with Gasteiger partial charge in [-0.25, -0.2) is 0 Å². The first-order valence-electron chi connectivity index (χ1n) is 7.64. The highest BCUT2D eigenvalue weighted by atomic mass is 15.1. The monoisotopic (exact) mass is 238 g/mol. The Kier molecular flexibility index (Phi) is 4.87. The van der Waals surface area contributed by atoms with Gasteiger partial charge in [-0.15, -0.1) is 0 Å². The van der Waals surface area contributed by atoms with Crippen LogP contribution in [0, 0.1) is 11.8 Å². The molecule has 0 aromatic rings. The molecule has 1 heterocycles. The molecule has 2 atom stereocenters. The Morgan fingerprint density at radius 2 is 1.82 bits per heavy atom. The lowest BCUT2D eigenvalue weighted by atomic mass is 10.0. The molecule has 0 bridgehead atoms. The summed E-state index contributed by atoms with van der Waals surface area (Å²) >= 11 is 0. The molecule has 17 heavy (non-hydrogen) atoms. The largest absolute Gasteiger partial charge is 0.314 e. The summed E-state index contributed by atoms with van der Waals surface area (Å²) in [6.45, 7) is 10.9. The molecule has 2 fully saturated rings. The predicted octanol–water partition coefficient (Wildman–Crippen LogP) is 2.89. The molecule has 100 valence electrons. The summed E-state index contributed by atoms with van der Waals surface area (Å²) < 4.78 is 0. The van der Waals surface area contributed by atoms with Crippen molar-refractivity contribution in [1.29, 1.82) is 0 Å². The van der Waals surface area contributed by atoms with E-state index in [0.29, 0.717) is 0 Å². The van der Waals surface area contributed by atoms with E-state index in [1.165, 1.54) is 51.7 Å². The Hall–Kier alpha value is -0.0800. The molecule has 1 aliphatic carbocycles. The van der Waals surface area contributed by atoms with Crippen LogP contribution in [-0.4, -0.2) is 36.6 Å². The van der Waals surface area contributed by atoms with Gasteiger partial charge in [-0.05, 0) is 77.4 Å². The van der Waals surface area contributed by atoms with Crippen molar-refractivity contribution in [1.82, 2.24) is 10.2 Å². The summed E-state index contributed by atoms with van der Waals surface area (Å²) in [5, 5.41) is 3.82. The average Bonchev–Trinajstić information content (AvgIpc) is 3.12. The van der Waals surface area contributed by atoms with E-state index < -0.39 is 0 Å². The van der Waals surface area contributed by atoms with Crippen molar-refractivity contribution >= 4 is 0 Å². The lowest BCUT2D eigenvalue weighted by molar-refractivity contribution is 0.228. The maximum atomic E-state index is 3.82. The van der Waals surface area contributed by atoms with Crippen LogP contribution in [0.3, 0.4) is 0 Å². The highest BCUT2D eigenvalue weighted by Gasteiger charge is 2.28. The van der Waals surface area contributed by atoms with E-state index in [9.17, 15) is 0 Å². The smallest absolute Gasteiger partial charge is 0.00798 e. The second kappa shape index (κ2) is 6.19. The number of likely N-dealkylation sites (tertiary alicyclic amines) is 1. The zero-order valence-electron chi connectivity index (χ0n) is 11.9. The average molecular weight is 238 g/mol. The molecule has 2 heteroatoms. The van der Waals surface area contributed by atoms with Crippen molar-refractivity contribution in [3.8, 4) is 0 Å². The Labute approximate surface area is 107 Å². The Balaban J connectivity index is 1.67. The van der Waals surface area contributed by atoms with E-state index in [1.807, 2.05) is 0 Å². The van der Waals surface area contributed by atoms with Crippen LogP contribution < -0.4 is 5.32 Å². The second-order valence-electron chi connectivity index (χ2n) is 6.48. The van der Waals surface area contributed by atoms with Crippen molar-refractivity contribution < 1.29 is 0 Å². The topological polar surface area (TPSA) is 15.3 Å². The minimum Gasteiger partial charge on any atom is -0.314 e. The van der Waals surface area contributed by atoms with E-state index in [1.54, 1.807) is 0 Å². The van der Waals surface area contributed by atoms with Crippen LogP contribution >= 0.6 is 0 Å². The van der Waals surface area contributed by atoms with Gasteiger partial charge in [-0.1, -0.05) is 6.92 Å². The molecule has 1 aliphatic heterocycles. The lowest BCUT2D eigenvalue weighted by Crippen LogP contribution is -2.35. The van der Waals surface area contributed by atoms with Crippen molar-refractivity contribution in [2.45, 2.75) is 65.0 Å². The van der Waals surface area contributed by atoms with E-state index in [4.69, 9.17) is 0 Å². The van der Waals surface area contributed by atoms with Crippen LogP contribution in [0.2, 0.25) is 0 Å². The van der Waals surface area contributed by atoms with Gasteiger partial charge in [0.2, 0.25) is 0 Å². The van der Waals surface area contributed by atoms with E-state index in [2.05, 4.69) is 31.0 Å². The van der Waals surface area contributed by atoms with Crippen LogP contribution in [0.1, 0.15) is 52.9 Å². The summed E-state index contributed by atoms with van der Waals surface area (Å²) in [6.07, 6.45) is 7.05. The molecule has 1 saturated heterocycles. The first kappa shape index (κ1) is 13.4. The first-order valence-corrected chi connectivity index (χ1v) is 7.64.